The molecule has 1 aromatic carbocycles. The first kappa shape index (κ1) is 21.1. The zero-order valence-corrected chi connectivity index (χ0v) is 16.8. The topological polar surface area (TPSA) is 48.9 Å². The van der Waals surface area contributed by atoms with Crippen LogP contribution >= 0.6 is 24.0 Å². The second kappa shape index (κ2) is 11.6. The SMILES string of the molecule is CCCNC(=NC)NCC(c1cccc(F)c1)N1CCOCC1.I. The Labute approximate surface area is 161 Å². The Morgan fingerprint density at radius 1 is 1.33 bits per heavy atom. The van der Waals surface area contributed by atoms with E-state index in [9.17, 15) is 4.39 Å². The van der Waals surface area contributed by atoms with Crippen LogP contribution in [-0.4, -0.2) is 57.3 Å². The molecule has 1 heterocycles. The van der Waals surface area contributed by atoms with Crippen molar-refractivity contribution in [2.24, 2.45) is 4.99 Å². The van der Waals surface area contributed by atoms with E-state index in [2.05, 4.69) is 27.4 Å². The summed E-state index contributed by atoms with van der Waals surface area (Å²) in [5.41, 5.74) is 0.977. The molecule has 1 atom stereocenters. The number of nitrogens with zero attached hydrogens (tertiary/aromatic N) is 2. The van der Waals surface area contributed by atoms with Crippen LogP contribution in [0.25, 0.3) is 0 Å². The van der Waals surface area contributed by atoms with E-state index in [-0.39, 0.29) is 35.8 Å². The van der Waals surface area contributed by atoms with E-state index in [0.29, 0.717) is 19.8 Å². The van der Waals surface area contributed by atoms with Crippen molar-refractivity contribution in [3.8, 4) is 0 Å². The van der Waals surface area contributed by atoms with Gasteiger partial charge >= 0.3 is 0 Å². The van der Waals surface area contributed by atoms with Crippen LogP contribution in [0.3, 0.4) is 0 Å². The van der Waals surface area contributed by atoms with E-state index in [4.69, 9.17) is 4.74 Å². The van der Waals surface area contributed by atoms with Crippen LogP contribution in [0.15, 0.2) is 29.3 Å². The van der Waals surface area contributed by atoms with Gasteiger partial charge in [-0.05, 0) is 24.1 Å². The summed E-state index contributed by atoms with van der Waals surface area (Å²) in [6.07, 6.45) is 1.04. The summed E-state index contributed by atoms with van der Waals surface area (Å²) in [4.78, 5) is 6.56. The van der Waals surface area contributed by atoms with Gasteiger partial charge in [-0.15, -0.1) is 24.0 Å². The molecule has 5 nitrogen and oxygen atoms in total. The van der Waals surface area contributed by atoms with E-state index in [1.807, 2.05) is 6.07 Å². The number of nitrogens with one attached hydrogen (secondary N) is 2. The highest BCUT2D eigenvalue weighted by molar-refractivity contribution is 14.0. The van der Waals surface area contributed by atoms with Gasteiger partial charge in [0.05, 0.1) is 19.3 Å². The summed E-state index contributed by atoms with van der Waals surface area (Å²) >= 11 is 0. The summed E-state index contributed by atoms with van der Waals surface area (Å²) in [7, 11) is 1.76. The smallest absolute Gasteiger partial charge is 0.191 e. The van der Waals surface area contributed by atoms with Gasteiger partial charge in [0, 0.05) is 33.2 Å². The third-order valence-electron chi connectivity index (χ3n) is 3.95. The standard InChI is InChI=1S/C17H27FN4O.HI/c1-3-7-20-17(19-2)21-13-16(22-8-10-23-11-9-22)14-5-4-6-15(18)12-14;/h4-6,12,16H,3,7-11,13H2,1-2H3,(H2,19,20,21);1H. The third kappa shape index (κ3) is 6.52. The fourth-order valence-corrected chi connectivity index (χ4v) is 2.72. The molecular formula is C17H28FIN4O. The maximum Gasteiger partial charge on any atom is 0.191 e. The molecule has 0 bridgehead atoms. The highest BCUT2D eigenvalue weighted by Crippen LogP contribution is 2.22. The Hall–Kier alpha value is -0.930. The van der Waals surface area contributed by atoms with E-state index in [1.165, 1.54) is 6.07 Å². The minimum atomic E-state index is -0.200. The third-order valence-corrected chi connectivity index (χ3v) is 3.95. The maximum absolute atomic E-state index is 13.6. The second-order valence-corrected chi connectivity index (χ2v) is 5.60. The lowest BCUT2D eigenvalue weighted by molar-refractivity contribution is 0.0169. The highest BCUT2D eigenvalue weighted by atomic mass is 127. The first-order valence-corrected chi connectivity index (χ1v) is 8.26. The summed E-state index contributed by atoms with van der Waals surface area (Å²) in [6.45, 7) is 6.80. The largest absolute Gasteiger partial charge is 0.379 e. The van der Waals surface area contributed by atoms with Crippen molar-refractivity contribution in [3.63, 3.8) is 0 Å². The molecule has 0 radical (unpaired) electrons. The molecule has 1 aromatic rings. The number of halogens is 2. The van der Waals surface area contributed by atoms with Crippen molar-refractivity contribution >= 4 is 29.9 Å². The molecule has 1 aliphatic rings. The van der Waals surface area contributed by atoms with Gasteiger partial charge in [0.1, 0.15) is 5.82 Å². The first-order chi connectivity index (χ1) is 11.2. The van der Waals surface area contributed by atoms with E-state index in [0.717, 1.165) is 37.6 Å². The molecule has 1 saturated heterocycles. The molecule has 0 spiro atoms. The number of morpholine rings is 1. The van der Waals surface area contributed by atoms with Gasteiger partial charge < -0.3 is 15.4 Å². The fraction of sp³-hybridized carbons (Fsp3) is 0.588. The average Bonchev–Trinajstić information content (AvgIpc) is 2.59. The fourth-order valence-electron chi connectivity index (χ4n) is 2.72. The van der Waals surface area contributed by atoms with Crippen LogP contribution in [-0.2, 0) is 4.74 Å². The molecule has 2 rings (SSSR count). The Balaban J connectivity index is 0.00000288. The number of hydrogen-bond acceptors (Lipinski definition) is 3. The molecule has 0 aliphatic carbocycles. The minimum Gasteiger partial charge on any atom is -0.379 e. The summed E-state index contributed by atoms with van der Waals surface area (Å²) in [6, 6.07) is 6.93. The van der Waals surface area contributed by atoms with Gasteiger partial charge in [0.25, 0.3) is 0 Å². The molecule has 24 heavy (non-hydrogen) atoms. The van der Waals surface area contributed by atoms with Crippen molar-refractivity contribution in [2.45, 2.75) is 19.4 Å². The van der Waals surface area contributed by atoms with Crippen LogP contribution in [0.1, 0.15) is 24.9 Å². The molecule has 1 unspecified atom stereocenters. The highest BCUT2D eigenvalue weighted by Gasteiger charge is 2.23. The van der Waals surface area contributed by atoms with E-state index in [1.54, 1.807) is 19.2 Å². The normalized spacial score (nSPS) is 17.0. The predicted octanol–water partition coefficient (Wildman–Crippen LogP) is 2.39. The lowest BCUT2D eigenvalue weighted by atomic mass is 10.0. The lowest BCUT2D eigenvalue weighted by Gasteiger charge is -2.35. The molecule has 0 saturated carbocycles. The number of ether oxygens (including phenoxy) is 1. The van der Waals surface area contributed by atoms with Gasteiger partial charge in [0.15, 0.2) is 5.96 Å². The van der Waals surface area contributed by atoms with Crippen molar-refractivity contribution in [2.75, 3.05) is 46.4 Å². The van der Waals surface area contributed by atoms with Gasteiger partial charge in [-0.3, -0.25) is 9.89 Å². The van der Waals surface area contributed by atoms with Gasteiger partial charge in [-0.1, -0.05) is 19.1 Å². The molecule has 136 valence electrons. The van der Waals surface area contributed by atoms with Gasteiger partial charge in [-0.25, -0.2) is 4.39 Å². The quantitative estimate of drug-likeness (QED) is 0.397. The van der Waals surface area contributed by atoms with Gasteiger partial charge in [-0.2, -0.15) is 0 Å². The number of benzene rings is 1. The zero-order chi connectivity index (χ0) is 16.5. The van der Waals surface area contributed by atoms with Crippen molar-refractivity contribution in [3.05, 3.63) is 35.6 Å². The van der Waals surface area contributed by atoms with E-state index < -0.39 is 0 Å². The van der Waals surface area contributed by atoms with Crippen LogP contribution in [0.5, 0.6) is 0 Å². The molecule has 1 aliphatic heterocycles. The van der Waals surface area contributed by atoms with Crippen LogP contribution < -0.4 is 10.6 Å². The molecule has 2 N–H and O–H groups in total. The Bertz CT molecular complexity index is 509. The number of guanidine groups is 1. The molecule has 1 fully saturated rings. The Morgan fingerprint density at radius 2 is 2.08 bits per heavy atom. The minimum absolute atomic E-state index is 0. The van der Waals surface area contributed by atoms with E-state index >= 15 is 0 Å². The summed E-state index contributed by atoms with van der Waals surface area (Å²) < 4.78 is 19.1. The predicted molar refractivity (Wildman–Crippen MR) is 107 cm³/mol. The maximum atomic E-state index is 13.6. The molecular weight excluding hydrogens is 422 g/mol. The van der Waals surface area contributed by atoms with Crippen LogP contribution in [0.4, 0.5) is 4.39 Å². The second-order valence-electron chi connectivity index (χ2n) is 5.60. The average molecular weight is 450 g/mol. The zero-order valence-electron chi connectivity index (χ0n) is 14.4. The first-order valence-electron chi connectivity index (χ1n) is 8.26. The molecule has 0 amide bonds. The van der Waals surface area contributed by atoms with Crippen LogP contribution in [0.2, 0.25) is 0 Å². The Kier molecular flexibility index (Phi) is 10.2. The summed E-state index contributed by atoms with van der Waals surface area (Å²) in [5, 5.41) is 6.62. The summed E-state index contributed by atoms with van der Waals surface area (Å²) in [5.74, 6) is 0.579. The Morgan fingerprint density at radius 3 is 2.71 bits per heavy atom. The van der Waals surface area contributed by atoms with Gasteiger partial charge in [0.2, 0.25) is 0 Å². The van der Waals surface area contributed by atoms with Crippen LogP contribution in [0, 0.1) is 5.82 Å². The molecule has 0 aromatic heterocycles. The van der Waals surface area contributed by atoms with Crippen molar-refractivity contribution < 1.29 is 9.13 Å². The molecule has 7 heteroatoms. The number of hydrogen-bond donors (Lipinski definition) is 2. The van der Waals surface area contributed by atoms with Crippen molar-refractivity contribution in [1.29, 1.82) is 0 Å². The number of aliphatic imine (C=N–C) groups is 1. The van der Waals surface area contributed by atoms with Crippen molar-refractivity contribution in [1.82, 2.24) is 15.5 Å². The lowest BCUT2D eigenvalue weighted by Crippen LogP contribution is -2.46. The monoisotopic (exact) mass is 450 g/mol. The number of rotatable bonds is 6.